The van der Waals surface area contributed by atoms with E-state index in [4.69, 9.17) is 21.4 Å². The van der Waals surface area contributed by atoms with Crippen molar-refractivity contribution in [3.8, 4) is 5.75 Å². The molecule has 0 saturated carbocycles. The molecule has 0 saturated heterocycles. The van der Waals surface area contributed by atoms with Crippen molar-refractivity contribution in [1.82, 2.24) is 4.98 Å². The average Bonchev–Trinajstić information content (AvgIpc) is 2.80. The maximum Gasteiger partial charge on any atom is 0.266 e. The molecule has 0 radical (unpaired) electrons. The second-order valence-corrected chi connectivity index (χ2v) is 5.07. The predicted molar refractivity (Wildman–Crippen MR) is 71.9 cm³/mol. The molecule has 1 heterocycles. The second-order valence-electron chi connectivity index (χ2n) is 3.60. The zero-order chi connectivity index (χ0) is 13.7. The number of hydrogen-bond acceptors (Lipinski definition) is 4. The van der Waals surface area contributed by atoms with Crippen LogP contribution >= 0.6 is 24.0 Å². The Bertz CT molecular complexity index is 597. The number of halogens is 2. The van der Waals surface area contributed by atoms with Gasteiger partial charge in [0.1, 0.15) is 5.76 Å². The maximum atomic E-state index is 13.2. The number of oxazole rings is 1. The largest absolute Gasteiger partial charge is 0.490 e. The molecular weight excluding hydrogens is 292 g/mol. The Labute approximate surface area is 118 Å². The second kappa shape index (κ2) is 6.72. The summed E-state index contributed by atoms with van der Waals surface area (Å²) in [4.78, 5) is 3.10. The van der Waals surface area contributed by atoms with Gasteiger partial charge in [0.2, 0.25) is 5.82 Å². The fourth-order valence-corrected chi connectivity index (χ4v) is 2.22. The Hall–Kier alpha value is -1.34. The highest BCUT2D eigenvalue weighted by Gasteiger charge is 2.08. The van der Waals surface area contributed by atoms with Crippen LogP contribution in [0.15, 0.2) is 28.8 Å². The molecule has 3 nitrogen and oxygen atoms in total. The number of aromatic nitrogens is 1. The Morgan fingerprint density at radius 1 is 1.37 bits per heavy atom. The van der Waals surface area contributed by atoms with Crippen LogP contribution in [0.4, 0.5) is 8.78 Å². The SMILES string of the molecule is Fc1cccc(OCCSCc2c[nH]c(=S)o2)c1F. The van der Waals surface area contributed by atoms with Gasteiger partial charge >= 0.3 is 0 Å². The lowest BCUT2D eigenvalue weighted by Crippen LogP contribution is -2.02. The highest BCUT2D eigenvalue weighted by atomic mass is 32.2. The maximum absolute atomic E-state index is 13.2. The minimum atomic E-state index is -0.955. The number of ether oxygens (including phenoxy) is 1. The summed E-state index contributed by atoms with van der Waals surface area (Å²) in [5, 5.41) is 0. The van der Waals surface area contributed by atoms with E-state index in [0.29, 0.717) is 16.3 Å². The van der Waals surface area contributed by atoms with Crippen molar-refractivity contribution in [2.24, 2.45) is 0 Å². The summed E-state index contributed by atoms with van der Waals surface area (Å²) in [6.07, 6.45) is 1.70. The zero-order valence-electron chi connectivity index (χ0n) is 9.82. The third kappa shape index (κ3) is 4.07. The van der Waals surface area contributed by atoms with Crippen molar-refractivity contribution in [3.05, 3.63) is 46.6 Å². The fraction of sp³-hybridized carbons (Fsp3) is 0.250. The summed E-state index contributed by atoms with van der Waals surface area (Å²) >= 11 is 6.34. The summed E-state index contributed by atoms with van der Waals surface area (Å²) in [5.74, 6) is 0.0794. The van der Waals surface area contributed by atoms with Gasteiger partial charge in [0.05, 0.1) is 12.4 Å². The molecule has 19 heavy (non-hydrogen) atoms. The highest BCUT2D eigenvalue weighted by Crippen LogP contribution is 2.19. The molecule has 2 aromatic rings. The topological polar surface area (TPSA) is 38.2 Å². The molecule has 0 unspecified atom stereocenters. The monoisotopic (exact) mass is 303 g/mol. The molecule has 2 rings (SSSR count). The van der Waals surface area contributed by atoms with Crippen LogP contribution in [-0.4, -0.2) is 17.3 Å². The van der Waals surface area contributed by atoms with E-state index in [2.05, 4.69) is 4.98 Å². The van der Waals surface area contributed by atoms with Crippen LogP contribution in [0.25, 0.3) is 0 Å². The van der Waals surface area contributed by atoms with Crippen LogP contribution in [0.5, 0.6) is 5.75 Å². The standard InChI is InChI=1S/C12H11F2NO2S2/c13-9-2-1-3-10(11(9)14)16-4-5-19-7-8-6-15-12(18)17-8/h1-3,6H,4-5,7H2,(H,15,18). The van der Waals surface area contributed by atoms with Crippen LogP contribution in [0.2, 0.25) is 0 Å². The van der Waals surface area contributed by atoms with Gasteiger partial charge in [-0.1, -0.05) is 6.07 Å². The first-order chi connectivity index (χ1) is 9.16. The number of nitrogens with one attached hydrogen (secondary N) is 1. The van der Waals surface area contributed by atoms with Crippen molar-refractivity contribution >= 4 is 24.0 Å². The quantitative estimate of drug-likeness (QED) is 0.648. The highest BCUT2D eigenvalue weighted by molar-refractivity contribution is 7.98. The molecule has 0 aliphatic carbocycles. The summed E-state index contributed by atoms with van der Waals surface area (Å²) in [5.41, 5.74) is 0. The van der Waals surface area contributed by atoms with Crippen LogP contribution in [-0.2, 0) is 5.75 Å². The first kappa shape index (κ1) is 14.1. The van der Waals surface area contributed by atoms with Gasteiger partial charge in [0.15, 0.2) is 11.6 Å². The molecule has 0 aliphatic heterocycles. The lowest BCUT2D eigenvalue weighted by Gasteiger charge is -2.06. The lowest BCUT2D eigenvalue weighted by molar-refractivity contribution is 0.317. The smallest absolute Gasteiger partial charge is 0.266 e. The molecule has 0 atom stereocenters. The molecule has 1 aromatic heterocycles. The van der Waals surface area contributed by atoms with Gasteiger partial charge in [-0.2, -0.15) is 16.2 Å². The van der Waals surface area contributed by atoms with Crippen molar-refractivity contribution < 1.29 is 17.9 Å². The normalized spacial score (nSPS) is 10.6. The molecule has 0 amide bonds. The van der Waals surface area contributed by atoms with Crippen LogP contribution in [0.3, 0.4) is 0 Å². The van der Waals surface area contributed by atoms with Gasteiger partial charge in [-0.15, -0.1) is 0 Å². The molecule has 7 heteroatoms. The van der Waals surface area contributed by atoms with Crippen LogP contribution < -0.4 is 4.74 Å². The Kier molecular flexibility index (Phi) is 4.98. The van der Waals surface area contributed by atoms with Gasteiger partial charge in [-0.25, -0.2) is 4.39 Å². The molecule has 1 N–H and O–H groups in total. The van der Waals surface area contributed by atoms with Crippen LogP contribution in [0, 0.1) is 16.5 Å². The molecule has 0 aliphatic rings. The molecular formula is C12H11F2NO2S2. The average molecular weight is 303 g/mol. The predicted octanol–water partition coefficient (Wildman–Crippen LogP) is 3.93. The number of hydrogen-bond donors (Lipinski definition) is 1. The Balaban J connectivity index is 1.72. The van der Waals surface area contributed by atoms with Crippen molar-refractivity contribution in [2.45, 2.75) is 5.75 Å². The summed E-state index contributed by atoms with van der Waals surface area (Å²) in [6, 6.07) is 3.86. The number of H-pyrrole nitrogens is 1. The third-order valence-corrected chi connectivity index (χ3v) is 3.37. The van der Waals surface area contributed by atoms with Gasteiger partial charge in [-0.3, -0.25) is 0 Å². The summed E-state index contributed by atoms with van der Waals surface area (Å²) < 4.78 is 36.5. The number of rotatable bonds is 6. The van der Waals surface area contributed by atoms with Crippen molar-refractivity contribution in [1.29, 1.82) is 0 Å². The van der Waals surface area contributed by atoms with E-state index < -0.39 is 11.6 Å². The molecule has 1 aromatic carbocycles. The first-order valence-electron chi connectivity index (χ1n) is 5.49. The van der Waals surface area contributed by atoms with Crippen molar-refractivity contribution in [3.63, 3.8) is 0 Å². The van der Waals surface area contributed by atoms with E-state index >= 15 is 0 Å². The molecule has 0 spiro atoms. The molecule has 102 valence electrons. The molecule has 0 fully saturated rings. The van der Waals surface area contributed by atoms with Crippen LogP contribution in [0.1, 0.15) is 5.76 Å². The fourth-order valence-electron chi connectivity index (χ4n) is 1.37. The van der Waals surface area contributed by atoms with Crippen molar-refractivity contribution in [2.75, 3.05) is 12.4 Å². The minimum Gasteiger partial charge on any atom is -0.490 e. The third-order valence-electron chi connectivity index (χ3n) is 2.22. The van der Waals surface area contributed by atoms with E-state index in [0.717, 1.165) is 11.8 Å². The van der Waals surface area contributed by atoms with Gasteiger partial charge in [0.25, 0.3) is 4.84 Å². The Morgan fingerprint density at radius 2 is 2.21 bits per heavy atom. The summed E-state index contributed by atoms with van der Waals surface area (Å²) in [7, 11) is 0. The number of benzene rings is 1. The van der Waals surface area contributed by atoms with Gasteiger partial charge in [-0.05, 0) is 24.4 Å². The van der Waals surface area contributed by atoms with Gasteiger partial charge < -0.3 is 14.1 Å². The Morgan fingerprint density at radius 3 is 2.95 bits per heavy atom. The summed E-state index contributed by atoms with van der Waals surface area (Å²) in [6.45, 7) is 0.288. The minimum absolute atomic E-state index is 0.0697. The van der Waals surface area contributed by atoms with E-state index in [1.807, 2.05) is 0 Å². The number of thioether (sulfide) groups is 1. The lowest BCUT2D eigenvalue weighted by atomic mass is 10.3. The van der Waals surface area contributed by atoms with Gasteiger partial charge in [0, 0.05) is 11.9 Å². The van der Waals surface area contributed by atoms with E-state index in [9.17, 15) is 8.78 Å². The zero-order valence-corrected chi connectivity index (χ0v) is 11.5. The van der Waals surface area contributed by atoms with E-state index in [1.165, 1.54) is 12.1 Å². The van der Waals surface area contributed by atoms with E-state index in [-0.39, 0.29) is 12.4 Å². The van der Waals surface area contributed by atoms with E-state index in [1.54, 1.807) is 18.0 Å². The first-order valence-corrected chi connectivity index (χ1v) is 7.05. The number of aromatic amines is 1. The molecule has 0 bridgehead atoms.